The van der Waals surface area contributed by atoms with E-state index < -0.39 is 10.0 Å². The lowest BCUT2D eigenvalue weighted by Crippen LogP contribution is -2.40. The van der Waals surface area contributed by atoms with Crippen LogP contribution in [-0.4, -0.2) is 52.6 Å². The van der Waals surface area contributed by atoms with Gasteiger partial charge in [0.2, 0.25) is 0 Å². The molecule has 2 aromatic carbocycles. The van der Waals surface area contributed by atoms with Gasteiger partial charge in [-0.05, 0) is 42.8 Å². The predicted molar refractivity (Wildman–Crippen MR) is 99.9 cm³/mol. The molecule has 138 valence electrons. The van der Waals surface area contributed by atoms with Crippen molar-refractivity contribution in [3.63, 3.8) is 0 Å². The molecule has 0 spiro atoms. The first-order valence-electron chi connectivity index (χ1n) is 8.43. The van der Waals surface area contributed by atoms with E-state index in [9.17, 15) is 13.2 Å². The number of nitrogens with zero attached hydrogens (tertiary/aromatic N) is 2. The lowest BCUT2D eigenvalue weighted by Gasteiger charge is -2.27. The van der Waals surface area contributed by atoms with Gasteiger partial charge in [-0.25, -0.2) is 8.42 Å². The number of hydrogen-bond acceptors (Lipinski definition) is 4. The maximum absolute atomic E-state index is 12.8. The monoisotopic (exact) mass is 374 g/mol. The van der Waals surface area contributed by atoms with Crippen molar-refractivity contribution in [2.24, 2.45) is 0 Å². The molecule has 0 saturated carbocycles. The zero-order chi connectivity index (χ0) is 18.7. The van der Waals surface area contributed by atoms with Crippen LogP contribution in [0.2, 0.25) is 0 Å². The van der Waals surface area contributed by atoms with Crippen LogP contribution >= 0.6 is 0 Å². The number of sulfonamides is 1. The van der Waals surface area contributed by atoms with Gasteiger partial charge in [0, 0.05) is 25.7 Å². The highest BCUT2D eigenvalue weighted by molar-refractivity contribution is 7.92. The summed E-state index contributed by atoms with van der Waals surface area (Å²) in [6, 6.07) is 13.4. The SMILES string of the molecule is Cc1cc(C(=O)N2CCOCC2)ccc1N(C)S(=O)(=O)c1ccccc1. The number of anilines is 1. The minimum Gasteiger partial charge on any atom is -0.378 e. The van der Waals surface area contributed by atoms with Gasteiger partial charge in [-0.15, -0.1) is 0 Å². The average Bonchev–Trinajstić information content (AvgIpc) is 2.68. The molecule has 0 N–H and O–H groups in total. The van der Waals surface area contributed by atoms with Crippen LogP contribution in [0.25, 0.3) is 0 Å². The van der Waals surface area contributed by atoms with E-state index in [1.807, 2.05) is 6.92 Å². The van der Waals surface area contributed by atoms with Crippen molar-refractivity contribution < 1.29 is 17.9 Å². The highest BCUT2D eigenvalue weighted by atomic mass is 32.2. The number of benzene rings is 2. The van der Waals surface area contributed by atoms with Crippen LogP contribution in [-0.2, 0) is 14.8 Å². The normalized spacial score (nSPS) is 14.9. The summed E-state index contributed by atoms with van der Waals surface area (Å²) in [7, 11) is -2.12. The van der Waals surface area contributed by atoms with Crippen molar-refractivity contribution in [1.29, 1.82) is 0 Å². The summed E-state index contributed by atoms with van der Waals surface area (Å²) in [4.78, 5) is 14.6. The molecular weight excluding hydrogens is 352 g/mol. The molecule has 1 fully saturated rings. The third kappa shape index (κ3) is 3.59. The first-order valence-corrected chi connectivity index (χ1v) is 9.87. The average molecular weight is 374 g/mol. The van der Waals surface area contributed by atoms with Crippen molar-refractivity contribution in [3.05, 3.63) is 59.7 Å². The molecule has 1 amide bonds. The van der Waals surface area contributed by atoms with Gasteiger partial charge in [0.1, 0.15) is 0 Å². The molecule has 2 aromatic rings. The van der Waals surface area contributed by atoms with Crippen LogP contribution in [0.1, 0.15) is 15.9 Å². The minimum atomic E-state index is -3.65. The van der Waals surface area contributed by atoms with Crippen LogP contribution in [0.15, 0.2) is 53.4 Å². The van der Waals surface area contributed by atoms with Gasteiger partial charge in [0.05, 0.1) is 23.8 Å². The van der Waals surface area contributed by atoms with Gasteiger partial charge < -0.3 is 9.64 Å². The highest BCUT2D eigenvalue weighted by Gasteiger charge is 2.24. The summed E-state index contributed by atoms with van der Waals surface area (Å²) in [6.07, 6.45) is 0. The Morgan fingerprint density at radius 3 is 2.35 bits per heavy atom. The Labute approximate surface area is 154 Å². The van der Waals surface area contributed by atoms with Crippen LogP contribution in [0.4, 0.5) is 5.69 Å². The van der Waals surface area contributed by atoms with Gasteiger partial charge >= 0.3 is 0 Å². The van der Waals surface area contributed by atoms with Crippen LogP contribution in [0, 0.1) is 6.92 Å². The number of hydrogen-bond donors (Lipinski definition) is 0. The fourth-order valence-electron chi connectivity index (χ4n) is 2.97. The van der Waals surface area contributed by atoms with E-state index in [0.717, 1.165) is 5.56 Å². The highest BCUT2D eigenvalue weighted by Crippen LogP contribution is 2.26. The zero-order valence-electron chi connectivity index (χ0n) is 14.9. The number of ether oxygens (including phenoxy) is 1. The largest absolute Gasteiger partial charge is 0.378 e. The Kier molecular flexibility index (Phi) is 5.29. The lowest BCUT2D eigenvalue weighted by atomic mass is 10.1. The fourth-order valence-corrected chi connectivity index (χ4v) is 4.25. The van der Waals surface area contributed by atoms with Gasteiger partial charge in [0.25, 0.3) is 15.9 Å². The van der Waals surface area contributed by atoms with Gasteiger partial charge in [-0.3, -0.25) is 9.10 Å². The maximum Gasteiger partial charge on any atom is 0.264 e. The molecule has 0 atom stereocenters. The third-order valence-electron chi connectivity index (χ3n) is 4.48. The molecule has 0 aliphatic carbocycles. The van der Waals surface area contributed by atoms with E-state index in [2.05, 4.69) is 0 Å². The van der Waals surface area contributed by atoms with Gasteiger partial charge in [-0.1, -0.05) is 18.2 Å². The molecule has 7 heteroatoms. The quantitative estimate of drug-likeness (QED) is 0.824. The molecule has 0 bridgehead atoms. The Morgan fingerprint density at radius 1 is 1.08 bits per heavy atom. The Bertz CT molecular complexity index is 891. The standard InChI is InChI=1S/C19H22N2O4S/c1-15-14-16(19(22)21-10-12-25-13-11-21)8-9-18(15)20(2)26(23,24)17-6-4-3-5-7-17/h3-9,14H,10-13H2,1-2H3. The smallest absolute Gasteiger partial charge is 0.264 e. The Balaban J connectivity index is 1.86. The van der Waals surface area contributed by atoms with Crippen molar-refractivity contribution in [2.75, 3.05) is 37.7 Å². The molecule has 0 unspecified atom stereocenters. The number of carbonyl (C=O) groups excluding carboxylic acids is 1. The van der Waals surface area contributed by atoms with E-state index in [1.165, 1.54) is 11.4 Å². The predicted octanol–water partition coefficient (Wildman–Crippen LogP) is 2.29. The molecule has 1 aliphatic heterocycles. The summed E-state index contributed by atoms with van der Waals surface area (Å²) in [6.45, 7) is 4.04. The van der Waals surface area contributed by atoms with E-state index in [1.54, 1.807) is 53.4 Å². The third-order valence-corrected chi connectivity index (χ3v) is 6.27. The maximum atomic E-state index is 12.8. The van der Waals surface area contributed by atoms with E-state index in [0.29, 0.717) is 37.6 Å². The molecule has 1 heterocycles. The Hall–Kier alpha value is -2.38. The molecule has 1 saturated heterocycles. The molecule has 0 radical (unpaired) electrons. The molecular formula is C19H22N2O4S. The van der Waals surface area contributed by atoms with E-state index >= 15 is 0 Å². The summed E-state index contributed by atoms with van der Waals surface area (Å²) in [5, 5.41) is 0. The van der Waals surface area contributed by atoms with Crippen molar-refractivity contribution in [2.45, 2.75) is 11.8 Å². The molecule has 3 rings (SSSR count). The van der Waals surface area contributed by atoms with Crippen molar-refractivity contribution >= 4 is 21.6 Å². The summed E-state index contributed by atoms with van der Waals surface area (Å²) < 4.78 is 32.1. The topological polar surface area (TPSA) is 66.9 Å². The van der Waals surface area contributed by atoms with Crippen LogP contribution in [0.5, 0.6) is 0 Å². The van der Waals surface area contributed by atoms with Crippen LogP contribution < -0.4 is 4.31 Å². The summed E-state index contributed by atoms with van der Waals surface area (Å²) >= 11 is 0. The van der Waals surface area contributed by atoms with Gasteiger partial charge in [-0.2, -0.15) is 0 Å². The van der Waals surface area contributed by atoms with Crippen molar-refractivity contribution in [3.8, 4) is 0 Å². The number of carbonyl (C=O) groups is 1. The molecule has 26 heavy (non-hydrogen) atoms. The Morgan fingerprint density at radius 2 is 1.73 bits per heavy atom. The van der Waals surface area contributed by atoms with E-state index in [4.69, 9.17) is 4.74 Å². The first-order chi connectivity index (χ1) is 12.4. The fraction of sp³-hybridized carbons (Fsp3) is 0.316. The zero-order valence-corrected chi connectivity index (χ0v) is 15.7. The minimum absolute atomic E-state index is 0.0588. The summed E-state index contributed by atoms with van der Waals surface area (Å²) in [5.74, 6) is -0.0588. The second-order valence-electron chi connectivity index (χ2n) is 6.19. The lowest BCUT2D eigenvalue weighted by molar-refractivity contribution is 0.0303. The second kappa shape index (κ2) is 7.47. The number of rotatable bonds is 4. The number of morpholine rings is 1. The molecule has 0 aromatic heterocycles. The molecule has 6 nitrogen and oxygen atoms in total. The van der Waals surface area contributed by atoms with E-state index in [-0.39, 0.29) is 10.8 Å². The van der Waals surface area contributed by atoms with Gasteiger partial charge in [0.15, 0.2) is 0 Å². The summed E-state index contributed by atoms with van der Waals surface area (Å²) in [5.41, 5.74) is 1.83. The van der Waals surface area contributed by atoms with Crippen molar-refractivity contribution in [1.82, 2.24) is 4.90 Å². The number of amides is 1. The number of aryl methyl sites for hydroxylation is 1. The van der Waals surface area contributed by atoms with Crippen LogP contribution in [0.3, 0.4) is 0 Å². The first kappa shape index (κ1) is 18.4. The second-order valence-corrected chi connectivity index (χ2v) is 8.16. The molecule has 1 aliphatic rings.